The predicted octanol–water partition coefficient (Wildman–Crippen LogP) is 7.23. The fraction of sp³-hybridized carbons (Fsp3) is 0.296. The molecule has 0 spiro atoms. The van der Waals surface area contributed by atoms with Crippen molar-refractivity contribution in [2.45, 2.75) is 44.8 Å². The van der Waals surface area contributed by atoms with Crippen molar-refractivity contribution in [3.63, 3.8) is 0 Å². The minimum absolute atomic E-state index is 0.190. The zero-order valence-corrected chi connectivity index (χ0v) is 18.4. The van der Waals surface area contributed by atoms with Crippen LogP contribution >= 0.6 is 0 Å². The summed E-state index contributed by atoms with van der Waals surface area (Å²) in [7, 11) is 0. The lowest BCUT2D eigenvalue weighted by Gasteiger charge is -2.43. The molecule has 2 unspecified atom stereocenters. The predicted molar refractivity (Wildman–Crippen MR) is 121 cm³/mol. The van der Waals surface area contributed by atoms with Gasteiger partial charge in [-0.2, -0.15) is 0 Å². The Morgan fingerprint density at radius 1 is 1.03 bits per heavy atom. The second kappa shape index (κ2) is 9.11. The van der Waals surface area contributed by atoms with Gasteiger partial charge in [-0.3, -0.25) is 0 Å². The topological polar surface area (TPSA) is 29.5 Å². The highest BCUT2D eigenvalue weighted by molar-refractivity contribution is 5.70. The summed E-state index contributed by atoms with van der Waals surface area (Å²) in [6, 6.07) is 20.7. The molecule has 0 bridgehead atoms. The molecule has 166 valence electrons. The Labute approximate surface area is 187 Å². The van der Waals surface area contributed by atoms with E-state index < -0.39 is 17.2 Å². The first kappa shape index (κ1) is 22.0. The Balaban J connectivity index is 1.52. The average molecular weight is 436 g/mol. The quantitative estimate of drug-likeness (QED) is 0.409. The third kappa shape index (κ3) is 4.24. The summed E-state index contributed by atoms with van der Waals surface area (Å²) in [6.45, 7) is 4.65. The lowest BCUT2D eigenvalue weighted by molar-refractivity contribution is -0.0658. The molecular weight excluding hydrogens is 408 g/mol. The fourth-order valence-electron chi connectivity index (χ4n) is 4.53. The third-order valence-electron chi connectivity index (χ3n) is 6.33. The highest BCUT2D eigenvalue weighted by Gasteiger charge is 2.42. The van der Waals surface area contributed by atoms with E-state index in [0.717, 1.165) is 36.5 Å². The number of cyclic esters (lactones) is 1. The van der Waals surface area contributed by atoms with Crippen LogP contribution in [0, 0.1) is 11.6 Å². The zero-order valence-electron chi connectivity index (χ0n) is 18.4. The summed E-state index contributed by atoms with van der Waals surface area (Å²) in [6.07, 6.45) is 2.09. The third-order valence-corrected chi connectivity index (χ3v) is 6.33. The highest BCUT2D eigenvalue weighted by atomic mass is 19.1. The number of halogens is 2. The molecule has 32 heavy (non-hydrogen) atoms. The van der Waals surface area contributed by atoms with Gasteiger partial charge in [0, 0.05) is 24.6 Å². The summed E-state index contributed by atoms with van der Waals surface area (Å²) >= 11 is 0. The summed E-state index contributed by atoms with van der Waals surface area (Å²) in [5.41, 5.74) is 2.37. The number of benzene rings is 3. The van der Waals surface area contributed by atoms with Crippen molar-refractivity contribution >= 4 is 6.09 Å². The van der Waals surface area contributed by atoms with Gasteiger partial charge < -0.3 is 9.64 Å². The van der Waals surface area contributed by atoms with E-state index in [4.69, 9.17) is 4.74 Å². The van der Waals surface area contributed by atoms with Gasteiger partial charge in [-0.15, -0.1) is 0 Å². The van der Waals surface area contributed by atoms with Gasteiger partial charge in [0.05, 0.1) is 6.04 Å². The molecule has 5 heteroatoms. The normalized spacial score (nSPS) is 19.5. The van der Waals surface area contributed by atoms with Crippen LogP contribution in [0.5, 0.6) is 0 Å². The summed E-state index contributed by atoms with van der Waals surface area (Å²) in [4.78, 5) is 14.8. The van der Waals surface area contributed by atoms with Crippen LogP contribution in [0.15, 0.2) is 72.8 Å². The van der Waals surface area contributed by atoms with Crippen LogP contribution in [0.1, 0.15) is 50.3 Å². The van der Waals surface area contributed by atoms with Gasteiger partial charge >= 0.3 is 6.09 Å². The van der Waals surface area contributed by atoms with Crippen molar-refractivity contribution < 1.29 is 18.3 Å². The molecule has 1 aliphatic rings. The molecule has 3 nitrogen and oxygen atoms in total. The van der Waals surface area contributed by atoms with Crippen molar-refractivity contribution in [2.24, 2.45) is 0 Å². The maximum absolute atomic E-state index is 14.1. The lowest BCUT2D eigenvalue weighted by atomic mass is 9.84. The monoisotopic (exact) mass is 435 g/mol. The maximum atomic E-state index is 14.1. The number of amides is 1. The van der Waals surface area contributed by atoms with E-state index in [1.54, 1.807) is 17.0 Å². The van der Waals surface area contributed by atoms with Crippen LogP contribution in [-0.2, 0) is 10.3 Å². The van der Waals surface area contributed by atoms with E-state index in [2.05, 4.69) is 6.92 Å². The molecule has 1 amide bonds. The summed E-state index contributed by atoms with van der Waals surface area (Å²) in [5.74, 6) is -1.20. The van der Waals surface area contributed by atoms with E-state index >= 15 is 0 Å². The Morgan fingerprint density at radius 2 is 1.75 bits per heavy atom. The second-order valence-corrected chi connectivity index (χ2v) is 8.34. The second-order valence-electron chi connectivity index (χ2n) is 8.34. The SMILES string of the molecule is CCCC1(c2ccccc2)CCN(C(C)c2ccc(-c3ccc(F)cc3F)cc2)C(=O)O1. The molecule has 4 rings (SSSR count). The molecule has 3 aromatic rings. The van der Waals surface area contributed by atoms with Gasteiger partial charge in [0.15, 0.2) is 0 Å². The molecule has 0 aliphatic carbocycles. The molecule has 0 N–H and O–H groups in total. The standard InChI is InChI=1S/C27H27F2NO2/c1-3-15-27(22-7-5-4-6-8-22)16-17-30(26(31)32-27)19(2)20-9-11-21(12-10-20)24-14-13-23(28)18-25(24)29/h4-14,18-19H,3,15-17H2,1-2H3. The fourth-order valence-corrected chi connectivity index (χ4v) is 4.53. The van der Waals surface area contributed by atoms with Crippen LogP contribution in [0.3, 0.4) is 0 Å². The molecule has 1 aliphatic heterocycles. The number of hydrogen-bond donors (Lipinski definition) is 0. The Kier molecular flexibility index (Phi) is 6.26. The van der Waals surface area contributed by atoms with Crippen LogP contribution in [-0.4, -0.2) is 17.5 Å². The molecular formula is C27H27F2NO2. The average Bonchev–Trinajstić information content (AvgIpc) is 2.80. The van der Waals surface area contributed by atoms with Gasteiger partial charge in [-0.1, -0.05) is 67.9 Å². The Bertz CT molecular complexity index is 1080. The highest BCUT2D eigenvalue weighted by Crippen LogP contribution is 2.40. The molecule has 0 saturated carbocycles. The van der Waals surface area contributed by atoms with Crippen LogP contribution < -0.4 is 0 Å². The first-order chi connectivity index (χ1) is 15.4. The number of ether oxygens (including phenoxy) is 1. The number of hydrogen-bond acceptors (Lipinski definition) is 2. The number of carbonyl (C=O) groups excluding carboxylic acids is 1. The van der Waals surface area contributed by atoms with Gasteiger partial charge in [0.2, 0.25) is 0 Å². The first-order valence-corrected chi connectivity index (χ1v) is 11.0. The smallest absolute Gasteiger partial charge is 0.411 e. The molecule has 0 aromatic heterocycles. The molecule has 3 aromatic carbocycles. The molecule has 1 fully saturated rings. The Morgan fingerprint density at radius 3 is 2.38 bits per heavy atom. The maximum Gasteiger partial charge on any atom is 0.411 e. The molecule has 1 saturated heterocycles. The Hall–Kier alpha value is -3.21. The summed E-state index contributed by atoms with van der Waals surface area (Å²) < 4.78 is 33.4. The van der Waals surface area contributed by atoms with E-state index in [1.165, 1.54) is 12.1 Å². The van der Waals surface area contributed by atoms with Crippen LogP contribution in [0.2, 0.25) is 0 Å². The van der Waals surface area contributed by atoms with Crippen LogP contribution in [0.25, 0.3) is 11.1 Å². The summed E-state index contributed by atoms with van der Waals surface area (Å²) in [5, 5.41) is 0. The first-order valence-electron chi connectivity index (χ1n) is 11.0. The van der Waals surface area contributed by atoms with Crippen molar-refractivity contribution in [2.75, 3.05) is 6.54 Å². The zero-order chi connectivity index (χ0) is 22.7. The minimum atomic E-state index is -0.602. The van der Waals surface area contributed by atoms with Gasteiger partial charge in [0.25, 0.3) is 0 Å². The van der Waals surface area contributed by atoms with Gasteiger partial charge in [-0.25, -0.2) is 13.6 Å². The largest absolute Gasteiger partial charge is 0.438 e. The number of rotatable bonds is 6. The van der Waals surface area contributed by atoms with Gasteiger partial charge in [0.1, 0.15) is 17.2 Å². The van der Waals surface area contributed by atoms with E-state index in [-0.39, 0.29) is 12.1 Å². The van der Waals surface area contributed by atoms with E-state index in [0.29, 0.717) is 17.7 Å². The van der Waals surface area contributed by atoms with Crippen molar-refractivity contribution in [3.8, 4) is 11.1 Å². The molecule has 1 heterocycles. The minimum Gasteiger partial charge on any atom is -0.438 e. The molecule has 2 atom stereocenters. The van der Waals surface area contributed by atoms with Crippen molar-refractivity contribution in [1.29, 1.82) is 0 Å². The van der Waals surface area contributed by atoms with Crippen molar-refractivity contribution in [3.05, 3.63) is 95.6 Å². The number of carbonyl (C=O) groups is 1. The molecule has 0 radical (unpaired) electrons. The number of nitrogens with zero attached hydrogens (tertiary/aromatic N) is 1. The lowest BCUT2D eigenvalue weighted by Crippen LogP contribution is -2.48. The van der Waals surface area contributed by atoms with Gasteiger partial charge in [-0.05, 0) is 42.2 Å². The van der Waals surface area contributed by atoms with E-state index in [1.807, 2.05) is 49.4 Å². The van der Waals surface area contributed by atoms with Crippen LogP contribution in [0.4, 0.5) is 13.6 Å². The van der Waals surface area contributed by atoms with Crippen molar-refractivity contribution in [1.82, 2.24) is 4.90 Å². The van der Waals surface area contributed by atoms with E-state index in [9.17, 15) is 13.6 Å².